The van der Waals surface area contributed by atoms with Crippen LogP contribution in [0.25, 0.3) is 0 Å². The molecule has 3 N–H and O–H groups in total. The number of guanidine groups is 1. The van der Waals surface area contributed by atoms with E-state index in [0.29, 0.717) is 11.4 Å². The number of rotatable bonds is 4. The van der Waals surface area contributed by atoms with E-state index in [0.717, 1.165) is 18.0 Å². The van der Waals surface area contributed by atoms with Crippen LogP contribution in [0.4, 0.5) is 5.69 Å². The molecule has 0 atom stereocenters. The van der Waals surface area contributed by atoms with E-state index in [9.17, 15) is 0 Å². The summed E-state index contributed by atoms with van der Waals surface area (Å²) >= 11 is 0. The summed E-state index contributed by atoms with van der Waals surface area (Å²) in [6.45, 7) is 3.07. The molecule has 2 rings (SSSR count). The molecule has 4 heteroatoms. The molecular formula is C14H21N3O. The normalized spacial score (nSPS) is 18.0. The average molecular weight is 247 g/mol. The predicted molar refractivity (Wildman–Crippen MR) is 75.1 cm³/mol. The molecule has 1 aliphatic carbocycles. The van der Waals surface area contributed by atoms with Crippen LogP contribution in [0.3, 0.4) is 0 Å². The Balaban J connectivity index is 1.89. The second-order valence-corrected chi connectivity index (χ2v) is 5.22. The van der Waals surface area contributed by atoms with Crippen LogP contribution < -0.4 is 15.8 Å². The highest BCUT2D eigenvalue weighted by atomic mass is 16.5. The van der Waals surface area contributed by atoms with E-state index in [1.54, 1.807) is 7.11 Å². The van der Waals surface area contributed by atoms with Gasteiger partial charge in [0.2, 0.25) is 0 Å². The molecule has 0 amide bonds. The quantitative estimate of drug-likeness (QED) is 0.635. The summed E-state index contributed by atoms with van der Waals surface area (Å²) in [5.74, 6) is 1.31. The fraction of sp³-hybridized carbons (Fsp3) is 0.500. The van der Waals surface area contributed by atoms with Crippen molar-refractivity contribution in [1.82, 2.24) is 0 Å². The topological polar surface area (TPSA) is 59.6 Å². The number of methoxy groups -OCH3 is 1. The number of anilines is 1. The van der Waals surface area contributed by atoms with Gasteiger partial charge in [0.25, 0.3) is 0 Å². The third-order valence-corrected chi connectivity index (χ3v) is 3.55. The maximum absolute atomic E-state index is 5.87. The van der Waals surface area contributed by atoms with Crippen molar-refractivity contribution in [1.29, 1.82) is 0 Å². The van der Waals surface area contributed by atoms with Crippen molar-refractivity contribution in [2.75, 3.05) is 19.0 Å². The number of hydrogen-bond donors (Lipinski definition) is 2. The van der Waals surface area contributed by atoms with Gasteiger partial charge in [0.05, 0.1) is 7.11 Å². The maximum atomic E-state index is 5.87. The van der Waals surface area contributed by atoms with Crippen LogP contribution in [-0.4, -0.2) is 19.6 Å². The lowest BCUT2D eigenvalue weighted by molar-refractivity contribution is 0.174. The van der Waals surface area contributed by atoms with Gasteiger partial charge in [-0.1, -0.05) is 13.3 Å². The van der Waals surface area contributed by atoms with Crippen molar-refractivity contribution in [3.05, 3.63) is 24.3 Å². The standard InChI is InChI=1S/C14H21N3O/c1-14(8-3-9-14)10-16-13(15)17-11-4-6-12(18-2)7-5-11/h4-7H,3,8-10H2,1-2H3,(H3,15,16,17). The summed E-state index contributed by atoms with van der Waals surface area (Å²) in [5, 5.41) is 3.09. The van der Waals surface area contributed by atoms with Crippen LogP contribution in [0.5, 0.6) is 5.75 Å². The van der Waals surface area contributed by atoms with Gasteiger partial charge in [0.1, 0.15) is 5.75 Å². The van der Waals surface area contributed by atoms with E-state index in [-0.39, 0.29) is 0 Å². The summed E-state index contributed by atoms with van der Waals surface area (Å²) in [5.41, 5.74) is 7.16. The molecule has 0 bridgehead atoms. The minimum absolute atomic E-state index is 0.367. The molecule has 1 aromatic carbocycles. The molecule has 0 aliphatic heterocycles. The SMILES string of the molecule is COc1ccc(NC(N)=NCC2(C)CCC2)cc1. The van der Waals surface area contributed by atoms with E-state index in [1.165, 1.54) is 19.3 Å². The van der Waals surface area contributed by atoms with E-state index in [4.69, 9.17) is 10.5 Å². The Bertz CT molecular complexity index is 421. The first-order valence-corrected chi connectivity index (χ1v) is 6.32. The lowest BCUT2D eigenvalue weighted by atomic mass is 9.71. The van der Waals surface area contributed by atoms with Crippen LogP contribution >= 0.6 is 0 Å². The predicted octanol–water partition coefficient (Wildman–Crippen LogP) is 2.61. The number of aliphatic imine (C=N–C) groups is 1. The Morgan fingerprint density at radius 3 is 2.56 bits per heavy atom. The molecule has 0 aromatic heterocycles. The molecule has 98 valence electrons. The van der Waals surface area contributed by atoms with Crippen molar-refractivity contribution in [3.63, 3.8) is 0 Å². The van der Waals surface area contributed by atoms with Crippen molar-refractivity contribution in [2.24, 2.45) is 16.1 Å². The van der Waals surface area contributed by atoms with E-state index in [2.05, 4.69) is 17.2 Å². The smallest absolute Gasteiger partial charge is 0.193 e. The molecule has 0 spiro atoms. The molecule has 1 saturated carbocycles. The molecule has 1 aliphatic rings. The number of ether oxygens (including phenoxy) is 1. The Labute approximate surface area is 108 Å². The first-order valence-electron chi connectivity index (χ1n) is 6.32. The van der Waals surface area contributed by atoms with Crippen LogP contribution in [0.1, 0.15) is 26.2 Å². The number of benzene rings is 1. The van der Waals surface area contributed by atoms with Gasteiger partial charge in [-0.25, -0.2) is 0 Å². The maximum Gasteiger partial charge on any atom is 0.193 e. The van der Waals surface area contributed by atoms with Gasteiger partial charge in [-0.3, -0.25) is 4.99 Å². The van der Waals surface area contributed by atoms with Crippen molar-refractivity contribution < 1.29 is 4.74 Å². The lowest BCUT2D eigenvalue weighted by Crippen LogP contribution is -2.31. The third kappa shape index (κ3) is 3.15. The molecule has 4 nitrogen and oxygen atoms in total. The van der Waals surface area contributed by atoms with Crippen molar-refractivity contribution >= 4 is 11.6 Å². The summed E-state index contributed by atoms with van der Waals surface area (Å²) in [6, 6.07) is 7.63. The number of hydrogen-bond acceptors (Lipinski definition) is 2. The van der Waals surface area contributed by atoms with E-state index in [1.807, 2.05) is 24.3 Å². The van der Waals surface area contributed by atoms with Gasteiger partial charge in [0, 0.05) is 12.2 Å². The molecule has 0 heterocycles. The largest absolute Gasteiger partial charge is 0.497 e. The summed E-state index contributed by atoms with van der Waals surface area (Å²) < 4.78 is 5.10. The Kier molecular flexibility index (Phi) is 3.75. The van der Waals surface area contributed by atoms with E-state index < -0.39 is 0 Å². The van der Waals surface area contributed by atoms with Gasteiger partial charge in [0.15, 0.2) is 5.96 Å². The molecule has 1 aromatic rings. The summed E-state index contributed by atoms with van der Waals surface area (Å²) in [4.78, 5) is 4.41. The second kappa shape index (κ2) is 5.29. The first-order chi connectivity index (χ1) is 8.61. The number of nitrogens with two attached hydrogens (primary N) is 1. The minimum atomic E-state index is 0.367. The van der Waals surface area contributed by atoms with Crippen molar-refractivity contribution in [2.45, 2.75) is 26.2 Å². The van der Waals surface area contributed by atoms with Crippen LogP contribution in [0, 0.1) is 5.41 Å². The second-order valence-electron chi connectivity index (χ2n) is 5.22. The molecular weight excluding hydrogens is 226 g/mol. The Morgan fingerprint density at radius 2 is 2.06 bits per heavy atom. The third-order valence-electron chi connectivity index (χ3n) is 3.55. The summed E-state index contributed by atoms with van der Waals surface area (Å²) in [7, 11) is 1.65. The van der Waals surface area contributed by atoms with Crippen LogP contribution in [-0.2, 0) is 0 Å². The van der Waals surface area contributed by atoms with Gasteiger partial charge in [-0.2, -0.15) is 0 Å². The van der Waals surface area contributed by atoms with Gasteiger partial charge in [-0.15, -0.1) is 0 Å². The Morgan fingerprint density at radius 1 is 1.39 bits per heavy atom. The van der Waals surface area contributed by atoms with Gasteiger partial charge in [-0.05, 0) is 42.5 Å². The van der Waals surface area contributed by atoms with Crippen molar-refractivity contribution in [3.8, 4) is 5.75 Å². The first kappa shape index (κ1) is 12.7. The zero-order valence-electron chi connectivity index (χ0n) is 11.1. The fourth-order valence-corrected chi connectivity index (χ4v) is 2.08. The zero-order valence-corrected chi connectivity index (χ0v) is 11.1. The monoisotopic (exact) mass is 247 g/mol. The van der Waals surface area contributed by atoms with Gasteiger partial charge < -0.3 is 15.8 Å². The highest BCUT2D eigenvalue weighted by Gasteiger charge is 2.31. The molecule has 18 heavy (non-hydrogen) atoms. The molecule has 0 radical (unpaired) electrons. The zero-order chi connectivity index (χ0) is 13.0. The van der Waals surface area contributed by atoms with Crippen LogP contribution in [0.2, 0.25) is 0 Å². The number of nitrogens with one attached hydrogen (secondary N) is 1. The number of nitrogens with zero attached hydrogens (tertiary/aromatic N) is 1. The molecule has 0 saturated heterocycles. The van der Waals surface area contributed by atoms with E-state index >= 15 is 0 Å². The summed E-state index contributed by atoms with van der Waals surface area (Å²) in [6.07, 6.45) is 3.83. The highest BCUT2D eigenvalue weighted by Crippen LogP contribution is 2.40. The average Bonchev–Trinajstić information content (AvgIpc) is 2.35. The molecule has 1 fully saturated rings. The highest BCUT2D eigenvalue weighted by molar-refractivity contribution is 5.92. The van der Waals surface area contributed by atoms with Gasteiger partial charge >= 0.3 is 0 Å². The Hall–Kier alpha value is -1.71. The fourth-order valence-electron chi connectivity index (χ4n) is 2.08. The lowest BCUT2D eigenvalue weighted by Gasteiger charge is -2.36. The minimum Gasteiger partial charge on any atom is -0.497 e. The van der Waals surface area contributed by atoms with Crippen LogP contribution in [0.15, 0.2) is 29.3 Å². The molecule has 0 unspecified atom stereocenters.